The second kappa shape index (κ2) is 6.71. The first-order valence-corrected chi connectivity index (χ1v) is 8.64. The van der Waals surface area contributed by atoms with E-state index in [0.717, 1.165) is 60.2 Å². The van der Waals surface area contributed by atoms with Gasteiger partial charge in [0.15, 0.2) is 0 Å². The number of aryl methyl sites for hydroxylation is 1. The molecule has 0 N–H and O–H groups in total. The second-order valence-corrected chi connectivity index (χ2v) is 6.79. The van der Waals surface area contributed by atoms with E-state index in [1.165, 1.54) is 0 Å². The monoisotopic (exact) mass is 326 g/mol. The minimum atomic E-state index is 0.162. The van der Waals surface area contributed by atoms with E-state index in [-0.39, 0.29) is 5.91 Å². The molecule has 128 valence electrons. The van der Waals surface area contributed by atoms with Crippen molar-refractivity contribution in [2.24, 2.45) is 5.92 Å². The van der Waals surface area contributed by atoms with E-state index in [0.29, 0.717) is 0 Å². The number of hydrogen-bond acceptors (Lipinski definition) is 2. The van der Waals surface area contributed by atoms with E-state index in [1.54, 1.807) is 7.11 Å². The van der Waals surface area contributed by atoms with Gasteiger partial charge in [0.2, 0.25) is 0 Å². The van der Waals surface area contributed by atoms with Crippen molar-refractivity contribution < 1.29 is 9.53 Å². The second-order valence-electron chi connectivity index (χ2n) is 6.79. The Balaban J connectivity index is 1.89. The van der Waals surface area contributed by atoms with Gasteiger partial charge in [-0.3, -0.25) is 4.79 Å². The van der Waals surface area contributed by atoms with Crippen molar-refractivity contribution in [2.75, 3.05) is 20.2 Å². The summed E-state index contributed by atoms with van der Waals surface area (Å²) in [5.41, 5.74) is 3.95. The van der Waals surface area contributed by atoms with Crippen LogP contribution in [0.5, 0.6) is 5.75 Å². The van der Waals surface area contributed by atoms with E-state index in [1.807, 2.05) is 49.1 Å². The molecule has 1 aliphatic rings. The van der Waals surface area contributed by atoms with Crippen LogP contribution in [0.25, 0.3) is 5.69 Å². The third-order valence-corrected chi connectivity index (χ3v) is 5.06. The van der Waals surface area contributed by atoms with Gasteiger partial charge in [-0.25, -0.2) is 0 Å². The quantitative estimate of drug-likeness (QED) is 0.855. The molecule has 1 aliphatic heterocycles. The van der Waals surface area contributed by atoms with Crippen molar-refractivity contribution in [1.29, 1.82) is 0 Å². The number of piperidine rings is 1. The zero-order chi connectivity index (χ0) is 17.3. The smallest absolute Gasteiger partial charge is 0.255 e. The molecule has 0 bridgehead atoms. The SMILES string of the molecule is COc1ccc(-n2c(C)cc(C(=O)N3CCC(C)CC3)c2C)cc1. The van der Waals surface area contributed by atoms with E-state index in [2.05, 4.69) is 11.5 Å². The van der Waals surface area contributed by atoms with Gasteiger partial charge >= 0.3 is 0 Å². The van der Waals surface area contributed by atoms with Crippen molar-refractivity contribution in [3.05, 3.63) is 47.3 Å². The van der Waals surface area contributed by atoms with Crippen LogP contribution < -0.4 is 4.74 Å². The molecule has 2 heterocycles. The zero-order valence-electron chi connectivity index (χ0n) is 15.0. The summed E-state index contributed by atoms with van der Waals surface area (Å²) >= 11 is 0. The summed E-state index contributed by atoms with van der Waals surface area (Å²) in [6, 6.07) is 9.95. The van der Waals surface area contributed by atoms with Gasteiger partial charge in [0.05, 0.1) is 12.7 Å². The molecule has 1 fully saturated rings. The van der Waals surface area contributed by atoms with Gasteiger partial charge < -0.3 is 14.2 Å². The van der Waals surface area contributed by atoms with Crippen LogP contribution in [0.4, 0.5) is 0 Å². The molecule has 0 spiro atoms. The lowest BCUT2D eigenvalue weighted by molar-refractivity contribution is 0.0696. The fourth-order valence-electron chi connectivity index (χ4n) is 3.49. The number of aromatic nitrogens is 1. The molecule has 1 amide bonds. The van der Waals surface area contributed by atoms with E-state index < -0.39 is 0 Å². The lowest BCUT2D eigenvalue weighted by Crippen LogP contribution is -2.38. The highest BCUT2D eigenvalue weighted by molar-refractivity contribution is 5.96. The van der Waals surface area contributed by atoms with Crippen molar-refractivity contribution in [2.45, 2.75) is 33.6 Å². The number of methoxy groups -OCH3 is 1. The van der Waals surface area contributed by atoms with Crippen LogP contribution >= 0.6 is 0 Å². The highest BCUT2D eigenvalue weighted by Crippen LogP contribution is 2.25. The molecule has 24 heavy (non-hydrogen) atoms. The first-order valence-electron chi connectivity index (χ1n) is 8.64. The van der Waals surface area contributed by atoms with E-state index in [9.17, 15) is 4.79 Å². The molecule has 0 radical (unpaired) electrons. The average molecular weight is 326 g/mol. The summed E-state index contributed by atoms with van der Waals surface area (Å²) in [5, 5.41) is 0. The predicted octanol–water partition coefficient (Wildman–Crippen LogP) is 3.97. The Morgan fingerprint density at radius 3 is 2.33 bits per heavy atom. The minimum absolute atomic E-state index is 0.162. The topological polar surface area (TPSA) is 34.5 Å². The Hall–Kier alpha value is -2.23. The number of hydrogen-bond donors (Lipinski definition) is 0. The Morgan fingerprint density at radius 2 is 1.75 bits per heavy atom. The van der Waals surface area contributed by atoms with Gasteiger partial charge in [-0.15, -0.1) is 0 Å². The summed E-state index contributed by atoms with van der Waals surface area (Å²) < 4.78 is 7.37. The third-order valence-electron chi connectivity index (χ3n) is 5.06. The fourth-order valence-corrected chi connectivity index (χ4v) is 3.49. The molecule has 3 rings (SSSR count). The maximum atomic E-state index is 12.9. The molecule has 0 aliphatic carbocycles. The van der Waals surface area contributed by atoms with Crippen LogP contribution in [0.3, 0.4) is 0 Å². The van der Waals surface area contributed by atoms with Gasteiger partial charge in [0.1, 0.15) is 5.75 Å². The summed E-state index contributed by atoms with van der Waals surface area (Å²) in [6.07, 6.45) is 2.20. The maximum absolute atomic E-state index is 12.9. The van der Waals surface area contributed by atoms with Gasteiger partial charge in [-0.2, -0.15) is 0 Å². The molecule has 0 unspecified atom stereocenters. The molecule has 1 saturated heterocycles. The Labute approximate surface area is 144 Å². The Morgan fingerprint density at radius 1 is 1.12 bits per heavy atom. The van der Waals surface area contributed by atoms with Crippen molar-refractivity contribution in [1.82, 2.24) is 9.47 Å². The Kier molecular flexibility index (Phi) is 4.65. The summed E-state index contributed by atoms with van der Waals surface area (Å²) in [7, 11) is 1.66. The summed E-state index contributed by atoms with van der Waals surface area (Å²) in [4.78, 5) is 14.9. The first-order chi connectivity index (χ1) is 11.5. The van der Waals surface area contributed by atoms with Gasteiger partial charge in [0, 0.05) is 30.2 Å². The van der Waals surface area contributed by atoms with Crippen molar-refractivity contribution >= 4 is 5.91 Å². The summed E-state index contributed by atoms with van der Waals surface area (Å²) in [6.45, 7) is 8.07. The van der Waals surface area contributed by atoms with E-state index in [4.69, 9.17) is 4.74 Å². The average Bonchev–Trinajstić information content (AvgIpc) is 2.89. The van der Waals surface area contributed by atoms with Crippen LogP contribution in [0.2, 0.25) is 0 Å². The lowest BCUT2D eigenvalue weighted by atomic mass is 9.98. The number of ether oxygens (including phenoxy) is 1. The van der Waals surface area contributed by atoms with Crippen molar-refractivity contribution in [3.8, 4) is 11.4 Å². The number of likely N-dealkylation sites (tertiary alicyclic amines) is 1. The van der Waals surface area contributed by atoms with Crippen LogP contribution in [0.1, 0.15) is 41.5 Å². The fraction of sp³-hybridized carbons (Fsp3) is 0.450. The van der Waals surface area contributed by atoms with Crippen molar-refractivity contribution in [3.63, 3.8) is 0 Å². The number of nitrogens with zero attached hydrogens (tertiary/aromatic N) is 2. The molecule has 2 aromatic rings. The van der Waals surface area contributed by atoms with Gasteiger partial charge in [-0.1, -0.05) is 6.92 Å². The molecular weight excluding hydrogens is 300 g/mol. The van der Waals surface area contributed by atoms with Crippen LogP contribution in [0, 0.1) is 19.8 Å². The number of benzene rings is 1. The molecule has 0 atom stereocenters. The number of carbonyl (C=O) groups excluding carboxylic acids is 1. The molecule has 1 aromatic carbocycles. The third kappa shape index (κ3) is 3.05. The molecular formula is C20H26N2O2. The summed E-state index contributed by atoms with van der Waals surface area (Å²) in [5.74, 6) is 1.72. The van der Waals surface area contributed by atoms with Gasteiger partial charge in [0.25, 0.3) is 5.91 Å². The Bertz CT molecular complexity index is 723. The van der Waals surface area contributed by atoms with E-state index >= 15 is 0 Å². The number of rotatable bonds is 3. The van der Waals surface area contributed by atoms with Gasteiger partial charge in [-0.05, 0) is 62.9 Å². The largest absolute Gasteiger partial charge is 0.497 e. The molecule has 1 aromatic heterocycles. The lowest BCUT2D eigenvalue weighted by Gasteiger charge is -2.30. The zero-order valence-corrected chi connectivity index (χ0v) is 15.0. The predicted molar refractivity (Wildman–Crippen MR) is 96.1 cm³/mol. The highest BCUT2D eigenvalue weighted by atomic mass is 16.5. The van der Waals surface area contributed by atoms with Crippen LogP contribution in [-0.2, 0) is 0 Å². The molecule has 0 saturated carbocycles. The molecule has 4 nitrogen and oxygen atoms in total. The number of carbonyl (C=O) groups is 1. The normalized spacial score (nSPS) is 15.6. The minimum Gasteiger partial charge on any atom is -0.497 e. The standard InChI is InChI=1S/C20H26N2O2/c1-14-9-11-21(12-10-14)20(23)19-13-15(2)22(16(19)3)17-5-7-18(24-4)8-6-17/h5-8,13-14H,9-12H2,1-4H3. The highest BCUT2D eigenvalue weighted by Gasteiger charge is 2.25. The van der Waals surface area contributed by atoms with Crippen LogP contribution in [0.15, 0.2) is 30.3 Å². The first kappa shape index (κ1) is 16.6. The molecule has 4 heteroatoms. The van der Waals surface area contributed by atoms with Crippen LogP contribution in [-0.4, -0.2) is 35.6 Å². The number of amides is 1. The maximum Gasteiger partial charge on any atom is 0.255 e.